The van der Waals surface area contributed by atoms with Crippen molar-refractivity contribution < 1.29 is 9.53 Å². The summed E-state index contributed by atoms with van der Waals surface area (Å²) in [5.74, 6) is 0.538. The van der Waals surface area contributed by atoms with Crippen molar-refractivity contribution >= 4 is 6.09 Å². The van der Waals surface area contributed by atoms with Gasteiger partial charge < -0.3 is 15.0 Å². The Morgan fingerprint density at radius 3 is 2.43 bits per heavy atom. The molecule has 1 rings (SSSR count). The van der Waals surface area contributed by atoms with Crippen LogP contribution in [0, 0.1) is 11.3 Å². The maximum atomic E-state index is 12.2. The van der Waals surface area contributed by atoms with Crippen LogP contribution in [0.4, 0.5) is 4.79 Å². The van der Waals surface area contributed by atoms with E-state index >= 15 is 0 Å². The highest BCUT2D eigenvalue weighted by Crippen LogP contribution is 2.28. The Labute approximate surface area is 143 Å². The third kappa shape index (κ3) is 8.05. The third-order valence-electron chi connectivity index (χ3n) is 4.31. The monoisotopic (exact) mass is 326 g/mol. The second kappa shape index (κ2) is 8.36. The van der Waals surface area contributed by atoms with Gasteiger partial charge in [0.2, 0.25) is 0 Å². The molecule has 0 saturated carbocycles. The van der Waals surface area contributed by atoms with Crippen LogP contribution in [0.5, 0.6) is 0 Å². The summed E-state index contributed by atoms with van der Waals surface area (Å²) in [6.45, 7) is 17.6. The van der Waals surface area contributed by atoms with Crippen LogP contribution in [0.2, 0.25) is 0 Å². The van der Waals surface area contributed by atoms with Crippen LogP contribution in [-0.4, -0.2) is 42.3 Å². The van der Waals surface area contributed by atoms with Gasteiger partial charge in [-0.25, -0.2) is 4.79 Å². The van der Waals surface area contributed by atoms with Gasteiger partial charge in [0.1, 0.15) is 5.60 Å². The molecule has 0 aliphatic carbocycles. The van der Waals surface area contributed by atoms with Crippen LogP contribution >= 0.6 is 0 Å². The fourth-order valence-corrected chi connectivity index (χ4v) is 3.03. The molecular weight excluding hydrogens is 288 g/mol. The number of hydrogen-bond acceptors (Lipinski definition) is 3. The second-order valence-corrected chi connectivity index (χ2v) is 9.14. The lowest BCUT2D eigenvalue weighted by Gasteiger charge is -2.29. The largest absolute Gasteiger partial charge is 0.444 e. The van der Waals surface area contributed by atoms with E-state index in [1.165, 1.54) is 12.8 Å². The summed E-state index contributed by atoms with van der Waals surface area (Å²) in [6, 6.07) is 0.501. The number of amides is 1. The van der Waals surface area contributed by atoms with Gasteiger partial charge in [-0.3, -0.25) is 0 Å². The number of carbonyl (C=O) groups excluding carboxylic acids is 1. The molecule has 1 fully saturated rings. The first-order valence-electron chi connectivity index (χ1n) is 9.23. The molecule has 2 unspecified atom stereocenters. The maximum absolute atomic E-state index is 12.2. The zero-order valence-corrected chi connectivity index (χ0v) is 16.4. The normalized spacial score (nSPS) is 20.7. The van der Waals surface area contributed by atoms with Crippen LogP contribution in [0.3, 0.4) is 0 Å². The fraction of sp³-hybridized carbons (Fsp3) is 0.947. The number of nitrogens with one attached hydrogen (secondary N) is 1. The van der Waals surface area contributed by atoms with Crippen LogP contribution in [0.1, 0.15) is 74.1 Å². The first-order chi connectivity index (χ1) is 10.5. The minimum atomic E-state index is -0.415. The van der Waals surface area contributed by atoms with Crippen molar-refractivity contribution in [2.24, 2.45) is 11.3 Å². The topological polar surface area (TPSA) is 41.6 Å². The highest BCUT2D eigenvalue weighted by molar-refractivity contribution is 5.68. The van der Waals surface area contributed by atoms with Crippen LogP contribution in [-0.2, 0) is 4.74 Å². The maximum Gasteiger partial charge on any atom is 0.410 e. The molecule has 0 aromatic rings. The van der Waals surface area contributed by atoms with E-state index in [2.05, 4.69) is 33.0 Å². The van der Waals surface area contributed by atoms with Crippen molar-refractivity contribution in [3.63, 3.8) is 0 Å². The molecule has 1 saturated heterocycles. The first kappa shape index (κ1) is 20.3. The van der Waals surface area contributed by atoms with Gasteiger partial charge in [-0.15, -0.1) is 0 Å². The van der Waals surface area contributed by atoms with E-state index in [4.69, 9.17) is 4.74 Å². The molecule has 0 aromatic heterocycles. The van der Waals surface area contributed by atoms with Crippen LogP contribution in [0.25, 0.3) is 0 Å². The molecule has 0 radical (unpaired) electrons. The third-order valence-corrected chi connectivity index (χ3v) is 4.31. The van der Waals surface area contributed by atoms with Gasteiger partial charge in [0.05, 0.1) is 0 Å². The van der Waals surface area contributed by atoms with E-state index in [1.54, 1.807) is 0 Å². The number of likely N-dealkylation sites (tertiary alicyclic amines) is 1. The average molecular weight is 327 g/mol. The van der Waals surface area contributed by atoms with Crippen molar-refractivity contribution in [3.8, 4) is 0 Å². The first-order valence-corrected chi connectivity index (χ1v) is 9.23. The molecule has 136 valence electrons. The predicted octanol–water partition coefficient (Wildman–Crippen LogP) is 4.44. The highest BCUT2D eigenvalue weighted by Gasteiger charge is 2.34. The Balaban J connectivity index is 2.58. The molecule has 1 heterocycles. The minimum Gasteiger partial charge on any atom is -0.444 e. The van der Waals surface area contributed by atoms with Gasteiger partial charge in [0, 0.05) is 19.1 Å². The van der Waals surface area contributed by atoms with Gasteiger partial charge in [0.25, 0.3) is 0 Å². The summed E-state index contributed by atoms with van der Waals surface area (Å²) in [4.78, 5) is 14.1. The quantitative estimate of drug-likeness (QED) is 0.784. The zero-order valence-electron chi connectivity index (χ0n) is 16.4. The van der Waals surface area contributed by atoms with Gasteiger partial charge in [-0.1, -0.05) is 27.7 Å². The molecule has 1 aliphatic heterocycles. The standard InChI is InChI=1S/C19H38N2O2/c1-8-12-20-16(9-11-18(2,3)4)15-10-13-21(14-15)17(22)23-19(5,6)7/h15-16,20H,8-14H2,1-7H3. The van der Waals surface area contributed by atoms with Gasteiger partial charge in [-0.2, -0.15) is 0 Å². The summed E-state index contributed by atoms with van der Waals surface area (Å²) in [6.07, 6.45) is 4.44. The lowest BCUT2D eigenvalue weighted by molar-refractivity contribution is 0.0284. The number of rotatable bonds is 6. The van der Waals surface area contributed by atoms with Crippen molar-refractivity contribution in [2.75, 3.05) is 19.6 Å². The lowest BCUT2D eigenvalue weighted by atomic mass is 9.85. The van der Waals surface area contributed by atoms with Gasteiger partial charge in [-0.05, 0) is 64.3 Å². The molecule has 2 atom stereocenters. The van der Waals surface area contributed by atoms with Crippen molar-refractivity contribution in [1.82, 2.24) is 10.2 Å². The molecule has 23 heavy (non-hydrogen) atoms. The molecular formula is C19H38N2O2. The van der Waals surface area contributed by atoms with E-state index in [0.717, 1.165) is 32.5 Å². The highest BCUT2D eigenvalue weighted by atomic mass is 16.6. The van der Waals surface area contributed by atoms with Gasteiger partial charge >= 0.3 is 6.09 Å². The smallest absolute Gasteiger partial charge is 0.410 e. The number of ether oxygens (including phenoxy) is 1. The Kier molecular flexibility index (Phi) is 7.37. The lowest BCUT2D eigenvalue weighted by Crippen LogP contribution is -2.40. The SMILES string of the molecule is CCCNC(CCC(C)(C)C)C1CCN(C(=O)OC(C)(C)C)C1. The molecule has 0 aromatic carbocycles. The minimum absolute atomic E-state index is 0.162. The van der Waals surface area contributed by atoms with E-state index in [1.807, 2.05) is 25.7 Å². The summed E-state index contributed by atoms with van der Waals surface area (Å²) >= 11 is 0. The average Bonchev–Trinajstić information content (AvgIpc) is 2.85. The van der Waals surface area contributed by atoms with E-state index < -0.39 is 5.60 Å². The fourth-order valence-electron chi connectivity index (χ4n) is 3.03. The zero-order chi connectivity index (χ0) is 17.7. The van der Waals surface area contributed by atoms with Crippen molar-refractivity contribution in [3.05, 3.63) is 0 Å². The molecule has 4 nitrogen and oxygen atoms in total. The summed E-state index contributed by atoms with van der Waals surface area (Å²) < 4.78 is 5.51. The van der Waals surface area contributed by atoms with Gasteiger partial charge in [0.15, 0.2) is 0 Å². The molecule has 1 amide bonds. The van der Waals surface area contributed by atoms with E-state index in [-0.39, 0.29) is 6.09 Å². The second-order valence-electron chi connectivity index (χ2n) is 9.14. The molecule has 0 bridgehead atoms. The molecule has 1 N–H and O–H groups in total. The summed E-state index contributed by atoms with van der Waals surface area (Å²) in [7, 11) is 0. The Morgan fingerprint density at radius 1 is 1.26 bits per heavy atom. The molecule has 1 aliphatic rings. The van der Waals surface area contributed by atoms with Crippen LogP contribution in [0.15, 0.2) is 0 Å². The predicted molar refractivity (Wildman–Crippen MR) is 96.7 cm³/mol. The number of nitrogens with zero attached hydrogens (tertiary/aromatic N) is 1. The molecule has 0 spiro atoms. The summed E-state index contributed by atoms with van der Waals surface area (Å²) in [5, 5.41) is 3.71. The van der Waals surface area contributed by atoms with E-state index in [0.29, 0.717) is 17.4 Å². The number of hydrogen-bond donors (Lipinski definition) is 1. The summed E-state index contributed by atoms with van der Waals surface area (Å²) in [5.41, 5.74) is -0.0587. The van der Waals surface area contributed by atoms with E-state index in [9.17, 15) is 4.79 Å². The molecule has 4 heteroatoms. The van der Waals surface area contributed by atoms with Crippen LogP contribution < -0.4 is 5.32 Å². The van der Waals surface area contributed by atoms with Crippen molar-refractivity contribution in [1.29, 1.82) is 0 Å². The Morgan fingerprint density at radius 2 is 1.91 bits per heavy atom. The van der Waals surface area contributed by atoms with Crippen molar-refractivity contribution in [2.45, 2.75) is 85.8 Å². The Bertz CT molecular complexity index is 369. The Hall–Kier alpha value is -0.770. The number of carbonyl (C=O) groups is 1.